The fraction of sp³-hybridized carbons (Fsp3) is 0.250. The monoisotopic (exact) mass is 281 g/mol. The lowest BCUT2D eigenvalue weighted by Gasteiger charge is -2.12. The summed E-state index contributed by atoms with van der Waals surface area (Å²) in [4.78, 5) is -1.14. The molecule has 0 aliphatic rings. The Hall–Kier alpha value is -1.16. The van der Waals surface area contributed by atoms with Gasteiger partial charge in [-0.05, 0) is 24.6 Å². The molecule has 9 heteroatoms. The second-order valence-corrected chi connectivity index (χ2v) is 6.01. The Bertz CT molecular complexity index is 647. The Morgan fingerprint density at radius 2 is 1.59 bits per heavy atom. The lowest BCUT2D eigenvalue weighted by Crippen LogP contribution is -2.10. The summed E-state index contributed by atoms with van der Waals surface area (Å²) < 4.78 is 62.2. The van der Waals surface area contributed by atoms with E-state index in [0.29, 0.717) is 0 Å². The third kappa shape index (κ3) is 2.75. The largest absolute Gasteiger partial charge is 0.387 e. The van der Waals surface area contributed by atoms with Crippen molar-refractivity contribution >= 4 is 25.9 Å². The SMILES string of the molecule is CNc1ccc(S(=O)(=O)O)c(C)c1S(=O)(=O)O. The zero-order valence-electron chi connectivity index (χ0n) is 9.00. The second-order valence-electron chi connectivity index (χ2n) is 3.27. The van der Waals surface area contributed by atoms with Crippen LogP contribution in [0.15, 0.2) is 21.9 Å². The predicted octanol–water partition coefficient (Wildman–Crippen LogP) is 0.530. The number of rotatable bonds is 3. The molecule has 0 fully saturated rings. The molecule has 0 saturated carbocycles. The molecule has 0 unspecified atom stereocenters. The fourth-order valence-corrected chi connectivity index (χ4v) is 3.22. The Balaban J connectivity index is 3.80. The molecule has 1 rings (SSSR count). The van der Waals surface area contributed by atoms with E-state index in [1.165, 1.54) is 14.0 Å². The first kappa shape index (κ1) is 13.9. The molecule has 7 nitrogen and oxygen atoms in total. The van der Waals surface area contributed by atoms with Crippen molar-refractivity contribution in [1.29, 1.82) is 0 Å². The summed E-state index contributed by atoms with van der Waals surface area (Å²) in [6.07, 6.45) is 0. The zero-order chi connectivity index (χ0) is 13.4. The highest BCUT2D eigenvalue weighted by Gasteiger charge is 2.24. The minimum Gasteiger partial charge on any atom is -0.387 e. The predicted molar refractivity (Wildman–Crippen MR) is 60.4 cm³/mol. The number of benzene rings is 1. The molecule has 0 saturated heterocycles. The Kier molecular flexibility index (Phi) is 3.48. The van der Waals surface area contributed by atoms with Crippen LogP contribution in [0.2, 0.25) is 0 Å². The van der Waals surface area contributed by atoms with Gasteiger partial charge in [0.25, 0.3) is 20.2 Å². The normalized spacial score (nSPS) is 12.5. The van der Waals surface area contributed by atoms with Crippen molar-refractivity contribution in [2.75, 3.05) is 12.4 Å². The lowest BCUT2D eigenvalue weighted by molar-refractivity contribution is 0.480. The van der Waals surface area contributed by atoms with Gasteiger partial charge in [0.2, 0.25) is 0 Å². The van der Waals surface area contributed by atoms with Crippen LogP contribution in [0.3, 0.4) is 0 Å². The van der Waals surface area contributed by atoms with Crippen molar-refractivity contribution < 1.29 is 25.9 Å². The van der Waals surface area contributed by atoms with E-state index in [0.717, 1.165) is 12.1 Å². The minimum absolute atomic E-state index is 0.0393. The van der Waals surface area contributed by atoms with Gasteiger partial charge in [0, 0.05) is 7.05 Å². The van der Waals surface area contributed by atoms with E-state index in [1.54, 1.807) is 0 Å². The lowest BCUT2D eigenvalue weighted by atomic mass is 10.2. The molecule has 96 valence electrons. The summed E-state index contributed by atoms with van der Waals surface area (Å²) in [5.41, 5.74) is -0.209. The van der Waals surface area contributed by atoms with Crippen LogP contribution >= 0.6 is 0 Å². The van der Waals surface area contributed by atoms with Crippen LogP contribution in [-0.4, -0.2) is 33.0 Å². The van der Waals surface area contributed by atoms with Crippen LogP contribution in [0.1, 0.15) is 5.56 Å². The van der Waals surface area contributed by atoms with Crippen LogP contribution in [0.25, 0.3) is 0 Å². The zero-order valence-corrected chi connectivity index (χ0v) is 10.6. The van der Waals surface area contributed by atoms with E-state index < -0.39 is 30.0 Å². The molecular formula is C8H11NO6S2. The van der Waals surface area contributed by atoms with Crippen LogP contribution in [0, 0.1) is 6.92 Å². The van der Waals surface area contributed by atoms with Gasteiger partial charge in [0.1, 0.15) is 4.90 Å². The van der Waals surface area contributed by atoms with Crippen molar-refractivity contribution in [3.8, 4) is 0 Å². The third-order valence-electron chi connectivity index (χ3n) is 2.16. The van der Waals surface area contributed by atoms with Crippen molar-refractivity contribution in [2.24, 2.45) is 0 Å². The summed E-state index contributed by atoms with van der Waals surface area (Å²) in [7, 11) is -7.73. The Labute approximate surface area is 99.0 Å². The molecule has 0 radical (unpaired) electrons. The molecule has 0 bridgehead atoms. The van der Waals surface area contributed by atoms with Gasteiger partial charge in [-0.25, -0.2) is 0 Å². The first-order chi connectivity index (χ1) is 7.59. The quantitative estimate of drug-likeness (QED) is 0.691. The second kappa shape index (κ2) is 4.26. The van der Waals surface area contributed by atoms with E-state index in [1.807, 2.05) is 0 Å². The third-order valence-corrected chi connectivity index (χ3v) is 4.20. The topological polar surface area (TPSA) is 121 Å². The molecule has 0 aromatic heterocycles. The van der Waals surface area contributed by atoms with E-state index in [-0.39, 0.29) is 11.3 Å². The van der Waals surface area contributed by atoms with Gasteiger partial charge in [-0.15, -0.1) is 0 Å². The van der Waals surface area contributed by atoms with Gasteiger partial charge in [0.05, 0.1) is 10.6 Å². The maximum absolute atomic E-state index is 11.2. The van der Waals surface area contributed by atoms with E-state index >= 15 is 0 Å². The summed E-state index contributed by atoms with van der Waals surface area (Å²) in [5.74, 6) is 0. The summed E-state index contributed by atoms with van der Waals surface area (Å²) >= 11 is 0. The first-order valence-corrected chi connectivity index (χ1v) is 7.23. The maximum Gasteiger partial charge on any atom is 0.296 e. The Morgan fingerprint density at radius 3 is 1.94 bits per heavy atom. The number of hydrogen-bond donors (Lipinski definition) is 3. The maximum atomic E-state index is 11.2. The van der Waals surface area contributed by atoms with Crippen molar-refractivity contribution in [3.05, 3.63) is 17.7 Å². The average molecular weight is 281 g/mol. The standard InChI is InChI=1S/C8H11NO6S2/c1-5-7(16(10,11)12)4-3-6(9-2)8(5)17(13,14)15/h3-4,9H,1-2H3,(H,10,11,12)(H,13,14,15). The summed E-state index contributed by atoms with van der Waals surface area (Å²) in [5, 5.41) is 2.51. The van der Waals surface area contributed by atoms with Crippen molar-refractivity contribution in [1.82, 2.24) is 0 Å². The number of anilines is 1. The molecule has 0 aliphatic carbocycles. The molecule has 0 spiro atoms. The highest BCUT2D eigenvalue weighted by atomic mass is 32.2. The van der Waals surface area contributed by atoms with Crippen LogP contribution in [0.5, 0.6) is 0 Å². The molecule has 0 heterocycles. The first-order valence-electron chi connectivity index (χ1n) is 4.35. The van der Waals surface area contributed by atoms with Gasteiger partial charge in [0.15, 0.2) is 0 Å². The van der Waals surface area contributed by atoms with E-state index in [9.17, 15) is 16.8 Å². The minimum atomic E-state index is -4.60. The highest BCUT2D eigenvalue weighted by Crippen LogP contribution is 2.29. The molecule has 0 atom stereocenters. The number of nitrogens with one attached hydrogen (secondary N) is 1. The Morgan fingerprint density at radius 1 is 1.06 bits per heavy atom. The molecular weight excluding hydrogens is 270 g/mol. The van der Waals surface area contributed by atoms with Gasteiger partial charge in [-0.2, -0.15) is 16.8 Å². The van der Waals surface area contributed by atoms with E-state index in [4.69, 9.17) is 9.11 Å². The van der Waals surface area contributed by atoms with Gasteiger partial charge in [-0.1, -0.05) is 0 Å². The molecule has 0 amide bonds. The highest BCUT2D eigenvalue weighted by molar-refractivity contribution is 7.86. The molecule has 3 N–H and O–H groups in total. The van der Waals surface area contributed by atoms with Gasteiger partial charge < -0.3 is 5.32 Å². The fourth-order valence-electron chi connectivity index (χ4n) is 1.48. The smallest absolute Gasteiger partial charge is 0.296 e. The molecule has 1 aromatic rings. The van der Waals surface area contributed by atoms with Crippen LogP contribution in [-0.2, 0) is 20.2 Å². The molecule has 17 heavy (non-hydrogen) atoms. The van der Waals surface area contributed by atoms with Gasteiger partial charge >= 0.3 is 0 Å². The van der Waals surface area contributed by atoms with E-state index in [2.05, 4.69) is 5.32 Å². The van der Waals surface area contributed by atoms with Crippen molar-refractivity contribution in [3.63, 3.8) is 0 Å². The van der Waals surface area contributed by atoms with Gasteiger partial charge in [-0.3, -0.25) is 9.11 Å². The van der Waals surface area contributed by atoms with Crippen LogP contribution in [0.4, 0.5) is 5.69 Å². The van der Waals surface area contributed by atoms with Crippen molar-refractivity contribution in [2.45, 2.75) is 16.7 Å². The summed E-state index contributed by atoms with van der Waals surface area (Å²) in [6, 6.07) is 2.18. The van der Waals surface area contributed by atoms with Crippen LogP contribution < -0.4 is 5.32 Å². The molecule has 0 aliphatic heterocycles. The number of hydrogen-bond acceptors (Lipinski definition) is 5. The summed E-state index contributed by atoms with van der Waals surface area (Å²) in [6.45, 7) is 1.17. The average Bonchev–Trinajstić information content (AvgIpc) is 2.12. The molecule has 1 aromatic carbocycles.